The third-order valence-corrected chi connectivity index (χ3v) is 5.34. The molecule has 25 heavy (non-hydrogen) atoms. The molecule has 0 aliphatic heterocycles. The zero-order chi connectivity index (χ0) is 17.8. The van der Waals surface area contributed by atoms with Gasteiger partial charge in [-0.05, 0) is 38.0 Å². The minimum atomic E-state index is -0.200. The van der Waals surface area contributed by atoms with Crippen LogP contribution in [0.5, 0.6) is 0 Å². The maximum absolute atomic E-state index is 11.9. The summed E-state index contributed by atoms with van der Waals surface area (Å²) in [5.74, 6) is 0.718. The van der Waals surface area contributed by atoms with Gasteiger partial charge >= 0.3 is 5.97 Å². The van der Waals surface area contributed by atoms with Gasteiger partial charge in [0.2, 0.25) is 0 Å². The minimum absolute atomic E-state index is 0.200. The van der Waals surface area contributed by atoms with Crippen LogP contribution in [0.4, 0.5) is 0 Å². The van der Waals surface area contributed by atoms with E-state index in [9.17, 15) is 4.79 Å². The number of ether oxygens (including phenoxy) is 1. The lowest BCUT2D eigenvalue weighted by Crippen LogP contribution is -2.12. The van der Waals surface area contributed by atoms with Gasteiger partial charge in [0.1, 0.15) is 6.54 Å². The largest absolute Gasteiger partial charge is 0.465 e. The molecule has 0 aliphatic carbocycles. The molecule has 2 aromatic carbocycles. The Labute approximate surface area is 153 Å². The van der Waals surface area contributed by atoms with E-state index in [4.69, 9.17) is 4.74 Å². The fourth-order valence-corrected chi connectivity index (χ4v) is 4.07. The van der Waals surface area contributed by atoms with E-state index in [1.54, 1.807) is 0 Å². The number of hydrogen-bond acceptors (Lipinski definition) is 3. The summed E-state index contributed by atoms with van der Waals surface area (Å²) in [6.45, 7) is 6.76. The number of aromatic nitrogens is 1. The summed E-state index contributed by atoms with van der Waals surface area (Å²) in [7, 11) is 0. The summed E-state index contributed by atoms with van der Waals surface area (Å²) < 4.78 is 7.08. The summed E-state index contributed by atoms with van der Waals surface area (Å²) in [6, 6.07) is 14.8. The maximum Gasteiger partial charge on any atom is 0.325 e. The number of rotatable bonds is 6. The maximum atomic E-state index is 11.9. The van der Waals surface area contributed by atoms with E-state index in [0.29, 0.717) is 6.61 Å². The van der Waals surface area contributed by atoms with Gasteiger partial charge in [-0.3, -0.25) is 4.79 Å². The Morgan fingerprint density at radius 1 is 1.16 bits per heavy atom. The number of hydrogen-bond donors (Lipinski definition) is 0. The van der Waals surface area contributed by atoms with Gasteiger partial charge in [-0.1, -0.05) is 42.0 Å². The first-order chi connectivity index (χ1) is 12.1. The molecule has 0 N–H and O–H groups in total. The van der Waals surface area contributed by atoms with E-state index >= 15 is 0 Å². The molecule has 0 fully saturated rings. The van der Waals surface area contributed by atoms with Crippen molar-refractivity contribution in [2.75, 3.05) is 6.61 Å². The minimum Gasteiger partial charge on any atom is -0.465 e. The van der Waals surface area contributed by atoms with Crippen LogP contribution in [0.3, 0.4) is 0 Å². The molecule has 3 rings (SSSR count). The number of aryl methyl sites for hydroxylation is 2. The van der Waals surface area contributed by atoms with E-state index < -0.39 is 0 Å². The van der Waals surface area contributed by atoms with Crippen LogP contribution in [0.15, 0.2) is 53.6 Å². The molecule has 130 valence electrons. The van der Waals surface area contributed by atoms with Crippen LogP contribution >= 0.6 is 11.8 Å². The summed E-state index contributed by atoms with van der Waals surface area (Å²) in [4.78, 5) is 13.1. The zero-order valence-electron chi connectivity index (χ0n) is 14.9. The lowest BCUT2D eigenvalue weighted by atomic mass is 10.1. The van der Waals surface area contributed by atoms with Gasteiger partial charge in [-0.15, -0.1) is 11.8 Å². The molecule has 0 saturated carbocycles. The van der Waals surface area contributed by atoms with E-state index in [1.807, 2.05) is 35.4 Å². The Bertz CT molecular complexity index is 898. The molecule has 0 spiro atoms. The quantitative estimate of drug-likeness (QED) is 0.456. The van der Waals surface area contributed by atoms with Crippen LogP contribution in [0.25, 0.3) is 10.9 Å². The monoisotopic (exact) mass is 353 g/mol. The molecule has 0 amide bonds. The van der Waals surface area contributed by atoms with Gasteiger partial charge in [0, 0.05) is 27.7 Å². The van der Waals surface area contributed by atoms with E-state index in [1.165, 1.54) is 27.0 Å². The molecule has 0 saturated heterocycles. The summed E-state index contributed by atoms with van der Waals surface area (Å²) >= 11 is 1.81. The molecule has 4 heteroatoms. The molecule has 0 atom stereocenters. The van der Waals surface area contributed by atoms with Gasteiger partial charge in [0.15, 0.2) is 0 Å². The van der Waals surface area contributed by atoms with Gasteiger partial charge in [0.05, 0.1) is 6.61 Å². The van der Waals surface area contributed by atoms with Gasteiger partial charge < -0.3 is 9.30 Å². The third-order valence-electron chi connectivity index (χ3n) is 4.24. The van der Waals surface area contributed by atoms with Crippen LogP contribution in [-0.4, -0.2) is 17.1 Å². The normalized spacial score (nSPS) is 11.0. The Hall–Kier alpha value is -2.20. The number of fused-ring (bicyclic) bond motifs is 1. The predicted octanol–water partition coefficient (Wildman–Crippen LogP) is 5.11. The van der Waals surface area contributed by atoms with Crippen molar-refractivity contribution in [2.45, 2.75) is 38.0 Å². The molecule has 3 aromatic rings. The van der Waals surface area contributed by atoms with Gasteiger partial charge in [-0.25, -0.2) is 0 Å². The molecule has 3 nitrogen and oxygen atoms in total. The second kappa shape index (κ2) is 7.79. The van der Waals surface area contributed by atoms with Crippen molar-refractivity contribution in [2.24, 2.45) is 0 Å². The van der Waals surface area contributed by atoms with Crippen molar-refractivity contribution >= 4 is 28.6 Å². The van der Waals surface area contributed by atoms with Crippen molar-refractivity contribution in [3.8, 4) is 0 Å². The van der Waals surface area contributed by atoms with Crippen LogP contribution < -0.4 is 0 Å². The van der Waals surface area contributed by atoms with E-state index in [2.05, 4.69) is 50.4 Å². The highest BCUT2D eigenvalue weighted by atomic mass is 32.2. The first-order valence-electron chi connectivity index (χ1n) is 8.51. The molecule has 1 heterocycles. The number of carbonyl (C=O) groups is 1. The number of nitrogens with zero attached hydrogens (tertiary/aromatic N) is 1. The lowest BCUT2D eigenvalue weighted by Gasteiger charge is -2.06. The Balaban J connectivity index is 1.86. The Morgan fingerprint density at radius 3 is 2.76 bits per heavy atom. The summed E-state index contributed by atoms with van der Waals surface area (Å²) in [6.07, 6.45) is 2.07. The van der Waals surface area contributed by atoms with Gasteiger partial charge in [-0.2, -0.15) is 0 Å². The number of benzene rings is 2. The summed E-state index contributed by atoms with van der Waals surface area (Å²) in [5, 5.41) is 1.18. The number of thioether (sulfide) groups is 1. The van der Waals surface area contributed by atoms with Crippen LogP contribution in [0, 0.1) is 13.8 Å². The molecule has 0 radical (unpaired) electrons. The average Bonchev–Trinajstić information content (AvgIpc) is 2.94. The Morgan fingerprint density at radius 2 is 1.96 bits per heavy atom. The highest BCUT2D eigenvalue weighted by molar-refractivity contribution is 7.98. The van der Waals surface area contributed by atoms with E-state index in [0.717, 1.165) is 11.3 Å². The van der Waals surface area contributed by atoms with E-state index in [-0.39, 0.29) is 12.5 Å². The first-order valence-corrected chi connectivity index (χ1v) is 9.49. The zero-order valence-corrected chi connectivity index (χ0v) is 15.7. The van der Waals surface area contributed by atoms with Crippen LogP contribution in [-0.2, 0) is 21.8 Å². The van der Waals surface area contributed by atoms with Crippen molar-refractivity contribution in [3.63, 3.8) is 0 Å². The molecule has 1 aromatic heterocycles. The third kappa shape index (κ3) is 4.07. The molecular weight excluding hydrogens is 330 g/mol. The SMILES string of the molecule is CCOC(=O)Cn1cc(SCc2cc(C)ccc2C)c2ccccc21. The molecular formula is C21H23NO2S. The predicted molar refractivity (Wildman–Crippen MR) is 104 cm³/mol. The average molecular weight is 353 g/mol. The molecule has 0 aliphatic rings. The second-order valence-electron chi connectivity index (χ2n) is 6.16. The second-order valence-corrected chi connectivity index (χ2v) is 7.18. The highest BCUT2D eigenvalue weighted by Crippen LogP contribution is 2.33. The van der Waals surface area contributed by atoms with Gasteiger partial charge in [0.25, 0.3) is 0 Å². The fraction of sp³-hybridized carbons (Fsp3) is 0.286. The van der Waals surface area contributed by atoms with Crippen molar-refractivity contribution in [1.82, 2.24) is 4.57 Å². The van der Waals surface area contributed by atoms with Crippen molar-refractivity contribution in [1.29, 1.82) is 0 Å². The Kier molecular flexibility index (Phi) is 5.49. The van der Waals surface area contributed by atoms with Crippen LogP contribution in [0.1, 0.15) is 23.6 Å². The molecule has 0 unspecified atom stereocenters. The standard InChI is InChI=1S/C21H23NO2S/c1-4-24-21(23)13-22-12-20(18-7-5-6-8-19(18)22)25-14-17-11-15(2)9-10-16(17)3/h5-12H,4,13-14H2,1-3H3. The number of esters is 1. The van der Waals surface area contributed by atoms with Crippen LogP contribution in [0.2, 0.25) is 0 Å². The van der Waals surface area contributed by atoms with Crippen molar-refractivity contribution in [3.05, 3.63) is 65.4 Å². The smallest absolute Gasteiger partial charge is 0.325 e. The van der Waals surface area contributed by atoms with Crippen molar-refractivity contribution < 1.29 is 9.53 Å². The fourth-order valence-electron chi connectivity index (χ4n) is 2.92. The first kappa shape index (κ1) is 17.6. The summed E-state index contributed by atoms with van der Waals surface area (Å²) in [5.41, 5.74) is 5.02. The highest BCUT2D eigenvalue weighted by Gasteiger charge is 2.12. The number of para-hydroxylation sites is 1. The lowest BCUT2D eigenvalue weighted by molar-refractivity contribution is -0.143. The topological polar surface area (TPSA) is 31.2 Å². The molecule has 0 bridgehead atoms. The number of carbonyl (C=O) groups excluding carboxylic acids is 1.